The normalized spacial score (nSPS) is 10.1. The van der Waals surface area contributed by atoms with E-state index in [1.165, 1.54) is 0 Å². The Hall–Kier alpha value is -1.51. The van der Waals surface area contributed by atoms with Gasteiger partial charge >= 0.3 is 0 Å². The molecule has 2 nitrogen and oxygen atoms in total. The quantitative estimate of drug-likeness (QED) is 0.846. The van der Waals surface area contributed by atoms with Crippen molar-refractivity contribution in [3.63, 3.8) is 0 Å². The minimum absolute atomic E-state index is 0.0913. The average Bonchev–Trinajstić information content (AvgIpc) is 2.40. The molecule has 0 unspecified atom stereocenters. The number of nitrogens with one attached hydrogen (secondary N) is 1. The Bertz CT molecular complexity index is 555. The predicted octanol–water partition coefficient (Wildman–Crippen LogP) is 4.29. The molecule has 0 aliphatic heterocycles. The van der Waals surface area contributed by atoms with Crippen molar-refractivity contribution in [1.29, 1.82) is 0 Å². The first-order valence-electron chi connectivity index (χ1n) is 5.44. The summed E-state index contributed by atoms with van der Waals surface area (Å²) in [7, 11) is 0. The van der Waals surface area contributed by atoms with Crippen LogP contribution in [-0.4, -0.2) is 12.3 Å². The van der Waals surface area contributed by atoms with Crippen LogP contribution in [0.4, 0.5) is 5.69 Å². The molecule has 2 rings (SSSR count). The molecule has 2 aromatic carbocycles. The van der Waals surface area contributed by atoms with Crippen molar-refractivity contribution in [3.8, 4) is 0 Å². The maximum atomic E-state index is 12.0. The van der Waals surface area contributed by atoms with Gasteiger partial charge < -0.3 is 5.32 Å². The Morgan fingerprint density at radius 1 is 1.06 bits per heavy atom. The highest BCUT2D eigenvalue weighted by molar-refractivity contribution is 6.36. The first-order valence-corrected chi connectivity index (χ1v) is 6.19. The van der Waals surface area contributed by atoms with Gasteiger partial charge in [0.2, 0.25) is 0 Å². The number of rotatable bonds is 4. The standard InChI is InChI=1S/C14H11Cl2NO/c15-10-6-7-13(16)12(8-10)14(18)9-17-11-4-2-1-3-5-11/h1-8,17H,9H2. The number of ketones is 1. The minimum atomic E-state index is -0.0913. The largest absolute Gasteiger partial charge is 0.378 e. The lowest BCUT2D eigenvalue weighted by Gasteiger charge is -2.07. The van der Waals surface area contributed by atoms with E-state index < -0.39 is 0 Å². The van der Waals surface area contributed by atoms with Crippen LogP contribution in [0.2, 0.25) is 10.0 Å². The first kappa shape index (κ1) is 12.9. The van der Waals surface area contributed by atoms with E-state index in [4.69, 9.17) is 23.2 Å². The highest BCUT2D eigenvalue weighted by Crippen LogP contribution is 2.21. The molecule has 0 radical (unpaired) electrons. The molecule has 92 valence electrons. The summed E-state index contributed by atoms with van der Waals surface area (Å²) >= 11 is 11.8. The molecule has 0 aromatic heterocycles. The van der Waals surface area contributed by atoms with Crippen LogP contribution in [0.3, 0.4) is 0 Å². The Labute approximate surface area is 116 Å². The summed E-state index contributed by atoms with van der Waals surface area (Å²) in [5, 5.41) is 3.96. The molecule has 0 saturated carbocycles. The molecule has 2 aromatic rings. The van der Waals surface area contributed by atoms with E-state index in [-0.39, 0.29) is 12.3 Å². The molecule has 0 aliphatic rings. The maximum absolute atomic E-state index is 12.0. The van der Waals surface area contributed by atoms with Crippen molar-refractivity contribution >= 4 is 34.7 Å². The van der Waals surface area contributed by atoms with Gasteiger partial charge in [0.05, 0.1) is 11.6 Å². The molecule has 0 bridgehead atoms. The monoisotopic (exact) mass is 279 g/mol. The van der Waals surface area contributed by atoms with E-state index in [0.717, 1.165) is 5.69 Å². The summed E-state index contributed by atoms with van der Waals surface area (Å²) in [5.41, 5.74) is 1.33. The highest BCUT2D eigenvalue weighted by atomic mass is 35.5. The number of carbonyl (C=O) groups excluding carboxylic acids is 1. The van der Waals surface area contributed by atoms with Crippen LogP contribution in [0.15, 0.2) is 48.5 Å². The smallest absolute Gasteiger partial charge is 0.183 e. The van der Waals surface area contributed by atoms with E-state index in [1.807, 2.05) is 30.3 Å². The highest BCUT2D eigenvalue weighted by Gasteiger charge is 2.10. The number of Topliss-reactive ketones (excluding diaryl/α,β-unsaturated/α-hetero) is 1. The number of para-hydroxylation sites is 1. The Morgan fingerprint density at radius 2 is 1.78 bits per heavy atom. The van der Waals surface area contributed by atoms with Crippen LogP contribution in [0, 0.1) is 0 Å². The summed E-state index contributed by atoms with van der Waals surface area (Å²) < 4.78 is 0. The molecule has 18 heavy (non-hydrogen) atoms. The first-order chi connectivity index (χ1) is 8.66. The third kappa shape index (κ3) is 3.25. The fourth-order valence-corrected chi connectivity index (χ4v) is 1.94. The average molecular weight is 280 g/mol. The lowest BCUT2D eigenvalue weighted by molar-refractivity contribution is 0.101. The maximum Gasteiger partial charge on any atom is 0.183 e. The van der Waals surface area contributed by atoms with Crippen molar-refractivity contribution in [2.24, 2.45) is 0 Å². The van der Waals surface area contributed by atoms with E-state index in [2.05, 4.69) is 5.32 Å². The van der Waals surface area contributed by atoms with Crippen LogP contribution < -0.4 is 5.32 Å². The summed E-state index contributed by atoms with van der Waals surface area (Å²) in [6, 6.07) is 14.4. The fraction of sp³-hybridized carbons (Fsp3) is 0.0714. The van der Waals surface area contributed by atoms with Gasteiger partial charge in [-0.2, -0.15) is 0 Å². The third-order valence-corrected chi connectivity index (χ3v) is 3.02. The number of hydrogen-bond donors (Lipinski definition) is 1. The van der Waals surface area contributed by atoms with Gasteiger partial charge in [-0.3, -0.25) is 4.79 Å². The predicted molar refractivity (Wildman–Crippen MR) is 75.7 cm³/mol. The van der Waals surface area contributed by atoms with E-state index in [0.29, 0.717) is 15.6 Å². The SMILES string of the molecule is O=C(CNc1ccccc1)c1cc(Cl)ccc1Cl. The Morgan fingerprint density at radius 3 is 2.50 bits per heavy atom. The van der Waals surface area contributed by atoms with Crippen LogP contribution in [-0.2, 0) is 0 Å². The molecular weight excluding hydrogens is 269 g/mol. The zero-order valence-electron chi connectivity index (χ0n) is 9.49. The summed E-state index contributed by atoms with van der Waals surface area (Å²) in [6.07, 6.45) is 0. The van der Waals surface area contributed by atoms with Crippen LogP contribution >= 0.6 is 23.2 Å². The molecule has 1 N–H and O–H groups in total. The van der Waals surface area contributed by atoms with E-state index >= 15 is 0 Å². The summed E-state index contributed by atoms with van der Waals surface area (Å²) in [5.74, 6) is -0.0913. The van der Waals surface area contributed by atoms with Crippen LogP contribution in [0.5, 0.6) is 0 Å². The molecule has 0 aliphatic carbocycles. The van der Waals surface area contributed by atoms with E-state index in [9.17, 15) is 4.79 Å². The van der Waals surface area contributed by atoms with Crippen molar-refractivity contribution in [1.82, 2.24) is 0 Å². The lowest BCUT2D eigenvalue weighted by Crippen LogP contribution is -2.14. The van der Waals surface area contributed by atoms with Crippen LogP contribution in [0.1, 0.15) is 10.4 Å². The van der Waals surface area contributed by atoms with Crippen molar-refractivity contribution in [2.75, 3.05) is 11.9 Å². The van der Waals surface area contributed by atoms with Gasteiger partial charge in [-0.25, -0.2) is 0 Å². The number of carbonyl (C=O) groups is 1. The molecule has 0 atom stereocenters. The molecule has 0 spiro atoms. The van der Waals surface area contributed by atoms with Crippen molar-refractivity contribution < 1.29 is 4.79 Å². The second-order valence-electron chi connectivity index (χ2n) is 3.77. The number of anilines is 1. The minimum Gasteiger partial charge on any atom is -0.378 e. The Kier molecular flexibility index (Phi) is 4.24. The zero-order valence-corrected chi connectivity index (χ0v) is 11.0. The van der Waals surface area contributed by atoms with Gasteiger partial charge in [-0.05, 0) is 30.3 Å². The molecule has 0 fully saturated rings. The van der Waals surface area contributed by atoms with Gasteiger partial charge in [0.25, 0.3) is 0 Å². The second kappa shape index (κ2) is 5.89. The van der Waals surface area contributed by atoms with Crippen LogP contribution in [0.25, 0.3) is 0 Å². The third-order valence-electron chi connectivity index (χ3n) is 2.46. The summed E-state index contributed by atoms with van der Waals surface area (Å²) in [4.78, 5) is 12.0. The molecule has 0 heterocycles. The molecule has 4 heteroatoms. The van der Waals surface area contributed by atoms with Gasteiger partial charge in [0, 0.05) is 16.3 Å². The molecule has 0 saturated heterocycles. The van der Waals surface area contributed by atoms with Gasteiger partial charge in [-0.1, -0.05) is 41.4 Å². The zero-order chi connectivity index (χ0) is 13.0. The van der Waals surface area contributed by atoms with Gasteiger partial charge in [-0.15, -0.1) is 0 Å². The fourth-order valence-electron chi connectivity index (χ4n) is 1.54. The van der Waals surface area contributed by atoms with Crippen molar-refractivity contribution in [2.45, 2.75) is 0 Å². The number of halogens is 2. The number of benzene rings is 2. The topological polar surface area (TPSA) is 29.1 Å². The number of hydrogen-bond acceptors (Lipinski definition) is 2. The van der Waals surface area contributed by atoms with Gasteiger partial charge in [0.1, 0.15) is 0 Å². The summed E-state index contributed by atoms with van der Waals surface area (Å²) in [6.45, 7) is 0.185. The second-order valence-corrected chi connectivity index (χ2v) is 4.61. The van der Waals surface area contributed by atoms with Crippen molar-refractivity contribution in [3.05, 3.63) is 64.1 Å². The lowest BCUT2D eigenvalue weighted by atomic mass is 10.1. The van der Waals surface area contributed by atoms with E-state index in [1.54, 1.807) is 18.2 Å². The Balaban J connectivity index is 2.06. The van der Waals surface area contributed by atoms with Gasteiger partial charge in [0.15, 0.2) is 5.78 Å². The molecular formula is C14H11Cl2NO. The molecule has 0 amide bonds.